The van der Waals surface area contributed by atoms with E-state index in [-0.39, 0.29) is 43.6 Å². The molecular formula is C62H79N11O18. The van der Waals surface area contributed by atoms with E-state index >= 15 is 0 Å². The number of aromatic amines is 1. The molecule has 1 heterocycles. The van der Waals surface area contributed by atoms with E-state index < -0.39 is 164 Å². The fourth-order valence-corrected chi connectivity index (χ4v) is 9.52. The van der Waals surface area contributed by atoms with Crippen molar-refractivity contribution in [2.45, 2.75) is 139 Å². The topological polar surface area (TPSA) is 479 Å². The van der Waals surface area contributed by atoms with Gasteiger partial charge in [-0.25, -0.2) is 4.79 Å². The van der Waals surface area contributed by atoms with Gasteiger partial charge in [0.25, 0.3) is 0 Å². The highest BCUT2D eigenvalue weighted by atomic mass is 16.4. The van der Waals surface area contributed by atoms with E-state index in [0.29, 0.717) is 33.2 Å². The number of rotatable bonds is 35. The number of hydrogen-bond acceptors (Lipinski definition) is 17. The van der Waals surface area contributed by atoms with Gasteiger partial charge in [-0.15, -0.1) is 0 Å². The highest BCUT2D eigenvalue weighted by Gasteiger charge is 2.38. The molecule has 0 radical (unpaired) electrons. The smallest absolute Gasteiger partial charge is 0.326 e. The summed E-state index contributed by atoms with van der Waals surface area (Å²) in [6.07, 6.45) is -3.66. The number of nitrogens with two attached hydrogens (primary N) is 1. The van der Waals surface area contributed by atoms with Crippen LogP contribution >= 0.6 is 0 Å². The van der Waals surface area contributed by atoms with Gasteiger partial charge in [-0.05, 0) is 78.8 Å². The average molecular weight is 1270 g/mol. The second kappa shape index (κ2) is 34.7. The van der Waals surface area contributed by atoms with Gasteiger partial charge in [0.05, 0.1) is 25.4 Å². The molecule has 29 heteroatoms. The Morgan fingerprint density at radius 2 is 0.868 bits per heavy atom. The number of benzene rings is 4. The third-order valence-electron chi connectivity index (χ3n) is 14.9. The monoisotopic (exact) mass is 1270 g/mol. The number of aromatic hydroxyl groups is 2. The van der Waals surface area contributed by atoms with Gasteiger partial charge < -0.3 is 94.3 Å². The van der Waals surface area contributed by atoms with Gasteiger partial charge in [0, 0.05) is 49.2 Å². The normalized spacial score (nSPS) is 15.1. The lowest BCUT2D eigenvalue weighted by molar-refractivity contribution is -0.144. The number of aromatic nitrogens is 1. The van der Waals surface area contributed by atoms with Crippen molar-refractivity contribution in [1.82, 2.24) is 52.8 Å². The Bertz CT molecular complexity index is 3330. The van der Waals surface area contributed by atoms with Crippen molar-refractivity contribution in [3.8, 4) is 11.5 Å². The number of aliphatic hydroxyl groups is 3. The summed E-state index contributed by atoms with van der Waals surface area (Å²) in [5, 5.41) is 94.0. The van der Waals surface area contributed by atoms with Crippen molar-refractivity contribution in [2.75, 3.05) is 13.2 Å². The van der Waals surface area contributed by atoms with Crippen LogP contribution < -0.4 is 53.6 Å². The molecule has 490 valence electrons. The first-order chi connectivity index (χ1) is 43.2. The molecule has 91 heavy (non-hydrogen) atoms. The maximum Gasteiger partial charge on any atom is 0.326 e. The minimum absolute atomic E-state index is 0.0725. The molecule has 0 saturated heterocycles. The third-order valence-corrected chi connectivity index (χ3v) is 14.9. The van der Waals surface area contributed by atoms with Gasteiger partial charge in [-0.3, -0.25) is 47.9 Å². The second-order valence-corrected chi connectivity index (χ2v) is 21.9. The lowest BCUT2D eigenvalue weighted by Crippen LogP contribution is -2.63. The lowest BCUT2D eigenvalue weighted by atomic mass is 9.96. The largest absolute Gasteiger partial charge is 0.508 e. The van der Waals surface area contributed by atoms with Crippen molar-refractivity contribution in [2.24, 2.45) is 11.7 Å². The molecule has 0 bridgehead atoms. The van der Waals surface area contributed by atoms with Crippen molar-refractivity contribution < 1.29 is 88.5 Å². The predicted octanol–water partition coefficient (Wildman–Crippen LogP) is -2.08. The Morgan fingerprint density at radius 3 is 1.33 bits per heavy atom. The zero-order valence-electron chi connectivity index (χ0n) is 50.4. The number of carbonyl (C=O) groups is 11. The standard InChI is InChI=1S/C62H79N11O18/c1-5-32(2)51(59(87)66-43(62(90)91)23-24-50(80)81)71-57(85)47(28-38-30-64-42-14-10-9-13-41(38)42)67-54(82)46(27-37-17-21-40(78)22-18-37)69-61(89)53(34(4)76)73-58(86)48(31-74)70-55(83)45(25-35-11-7-6-8-12-35)68-60(88)52(33(3)75)72-56(84)44(65-49(79)29-63)26-36-15-19-39(77)20-16-36/h6-22,30,32-34,43-48,51-53,64,74-78H,5,23-29,31,63H2,1-4H3,(H,65,79)(H,66,87)(H,67,82)(H,68,88)(H,69,89)(H,70,83)(H,71,85)(H,72,84)(H,73,86)(H,80,81)(H,90,91)/t32-,33+,34+,43-,44-,45-,46-,47-,48-,51-,52-,53-/m0/s1. The second-order valence-electron chi connectivity index (χ2n) is 21.9. The Morgan fingerprint density at radius 1 is 0.473 bits per heavy atom. The van der Waals surface area contributed by atoms with E-state index in [1.165, 1.54) is 55.5 Å². The van der Waals surface area contributed by atoms with Gasteiger partial charge in [0.15, 0.2) is 0 Å². The van der Waals surface area contributed by atoms with Gasteiger partial charge in [0.1, 0.15) is 65.9 Å². The van der Waals surface area contributed by atoms with Crippen LogP contribution in [0.5, 0.6) is 11.5 Å². The third kappa shape index (κ3) is 21.9. The minimum Gasteiger partial charge on any atom is -0.508 e. The summed E-state index contributed by atoms with van der Waals surface area (Å²) in [4.78, 5) is 153. The molecule has 5 aromatic rings. The molecule has 0 aliphatic carbocycles. The van der Waals surface area contributed by atoms with E-state index in [1.54, 1.807) is 74.6 Å². The molecule has 12 atom stereocenters. The zero-order chi connectivity index (χ0) is 67.1. The maximum atomic E-state index is 14.8. The first-order valence-corrected chi connectivity index (χ1v) is 29.2. The van der Waals surface area contributed by atoms with E-state index in [1.807, 2.05) is 0 Å². The van der Waals surface area contributed by atoms with Gasteiger partial charge in [0.2, 0.25) is 53.2 Å². The summed E-state index contributed by atoms with van der Waals surface area (Å²) >= 11 is 0. The number of fused-ring (bicyclic) bond motifs is 1. The van der Waals surface area contributed by atoms with E-state index in [4.69, 9.17) is 5.73 Å². The molecule has 9 amide bonds. The van der Waals surface area contributed by atoms with Crippen LogP contribution in [0.3, 0.4) is 0 Å². The van der Waals surface area contributed by atoms with Crippen molar-refractivity contribution in [3.05, 3.63) is 132 Å². The SMILES string of the molecule is CC[C@H](C)[C@H](NC(=O)[C@H](Cc1c[nH]c2ccccc12)NC(=O)[C@H](Cc1ccc(O)cc1)NC(=O)[C@@H](NC(=O)[C@H](CO)NC(=O)[C@H](Cc1ccccc1)NC(=O)[C@@H](NC(=O)[C@H](Cc1ccc(O)cc1)NC(=O)CN)[C@@H](C)O)[C@@H](C)O)C(=O)N[C@@H](CCC(=O)O)C(=O)O. The predicted molar refractivity (Wildman–Crippen MR) is 327 cm³/mol. The van der Waals surface area contributed by atoms with Crippen molar-refractivity contribution in [1.29, 1.82) is 0 Å². The number of para-hydroxylation sites is 1. The van der Waals surface area contributed by atoms with Crippen molar-refractivity contribution >= 4 is 76.0 Å². The number of carbonyl (C=O) groups excluding carboxylic acids is 9. The fraction of sp³-hybridized carbons (Fsp3) is 0.403. The van der Waals surface area contributed by atoms with Gasteiger partial charge in [-0.2, -0.15) is 0 Å². The lowest BCUT2D eigenvalue weighted by Gasteiger charge is -2.29. The fourth-order valence-electron chi connectivity index (χ4n) is 9.52. The van der Waals surface area contributed by atoms with Gasteiger partial charge >= 0.3 is 11.9 Å². The minimum atomic E-state index is -1.96. The Hall–Kier alpha value is -9.97. The molecule has 5 rings (SSSR count). The van der Waals surface area contributed by atoms with Crippen LogP contribution in [0.15, 0.2) is 109 Å². The first-order valence-electron chi connectivity index (χ1n) is 29.2. The van der Waals surface area contributed by atoms with E-state index in [2.05, 4.69) is 52.8 Å². The summed E-state index contributed by atoms with van der Waals surface area (Å²) in [5.41, 5.74) is 7.94. The highest BCUT2D eigenvalue weighted by Crippen LogP contribution is 2.21. The van der Waals surface area contributed by atoms with Crippen LogP contribution in [0, 0.1) is 5.92 Å². The molecule has 0 aliphatic rings. The number of hydrogen-bond donors (Lipinski definition) is 18. The molecule has 1 aromatic heterocycles. The molecule has 0 unspecified atom stereocenters. The summed E-state index contributed by atoms with van der Waals surface area (Å²) in [7, 11) is 0. The number of phenols is 2. The summed E-state index contributed by atoms with van der Waals surface area (Å²) in [6.45, 7) is 3.92. The number of carboxylic acids is 2. The number of carboxylic acid groups (broad SMARTS) is 2. The summed E-state index contributed by atoms with van der Waals surface area (Å²) < 4.78 is 0. The molecule has 19 N–H and O–H groups in total. The number of H-pyrrole nitrogens is 1. The van der Waals surface area contributed by atoms with Crippen molar-refractivity contribution in [3.63, 3.8) is 0 Å². The zero-order valence-corrected chi connectivity index (χ0v) is 50.4. The summed E-state index contributed by atoms with van der Waals surface area (Å²) in [6, 6.07) is 11.3. The number of amides is 9. The molecule has 4 aromatic carbocycles. The molecule has 0 spiro atoms. The molecule has 0 fully saturated rings. The molecular weight excluding hydrogens is 1190 g/mol. The van der Waals surface area contributed by atoms with E-state index in [9.17, 15) is 88.5 Å². The quantitative estimate of drug-likeness (QED) is 0.0207. The number of nitrogens with one attached hydrogen (secondary N) is 10. The van der Waals surface area contributed by atoms with Crippen LogP contribution in [0.2, 0.25) is 0 Å². The van der Waals surface area contributed by atoms with Crippen LogP contribution in [0.4, 0.5) is 0 Å². The van der Waals surface area contributed by atoms with E-state index in [0.717, 1.165) is 6.92 Å². The molecule has 0 saturated carbocycles. The first kappa shape index (κ1) is 71.8. The number of phenolic OH excluding ortho intramolecular Hbond substituents is 2. The Kier molecular flexibility index (Phi) is 27.4. The number of aliphatic hydroxyl groups excluding tert-OH is 3. The Balaban J connectivity index is 1.40. The Labute approximate surface area is 522 Å². The molecule has 0 aliphatic heterocycles. The van der Waals surface area contributed by atoms with Crippen LogP contribution in [-0.2, 0) is 78.4 Å². The average Bonchev–Trinajstić information content (AvgIpc) is 1.95. The maximum absolute atomic E-state index is 14.8. The van der Waals surface area contributed by atoms with Crippen LogP contribution in [0.1, 0.15) is 69.2 Å². The van der Waals surface area contributed by atoms with Crippen LogP contribution in [0.25, 0.3) is 10.9 Å². The highest BCUT2D eigenvalue weighted by molar-refractivity contribution is 5.99. The number of aliphatic carboxylic acids is 2. The van der Waals surface area contributed by atoms with Crippen LogP contribution in [-0.4, -0.2) is 186 Å². The molecule has 29 nitrogen and oxygen atoms in total. The summed E-state index contributed by atoms with van der Waals surface area (Å²) in [5.74, 6) is -13.0. The van der Waals surface area contributed by atoms with Gasteiger partial charge in [-0.1, -0.05) is 93.1 Å².